The van der Waals surface area contributed by atoms with Gasteiger partial charge in [0.15, 0.2) is 11.6 Å². The van der Waals surface area contributed by atoms with Gasteiger partial charge in [-0.3, -0.25) is 0 Å². The summed E-state index contributed by atoms with van der Waals surface area (Å²) >= 11 is 1.14. The van der Waals surface area contributed by atoms with Crippen molar-refractivity contribution >= 4 is 17.4 Å². The highest BCUT2D eigenvalue weighted by molar-refractivity contribution is 8.00. The monoisotopic (exact) mass is 233 g/mol. The molecule has 2 nitrogen and oxygen atoms in total. The molecule has 0 radical (unpaired) electrons. The zero-order chi connectivity index (χ0) is 11.4. The Hall–Kier alpha value is -0.810. The van der Waals surface area contributed by atoms with E-state index in [4.69, 9.17) is 10.8 Å². The predicted octanol–water partition coefficient (Wildman–Crippen LogP) is 2.41. The van der Waals surface area contributed by atoms with Crippen LogP contribution in [0.5, 0.6) is 0 Å². The number of anilines is 1. The molecule has 0 saturated carbocycles. The fourth-order valence-electron chi connectivity index (χ4n) is 1.11. The number of hydrogen-bond acceptors (Lipinski definition) is 3. The molecule has 84 valence electrons. The fourth-order valence-corrected chi connectivity index (χ4v) is 2.14. The van der Waals surface area contributed by atoms with Crippen molar-refractivity contribution in [1.29, 1.82) is 0 Å². The Bertz CT molecular complexity index is 346. The first kappa shape index (κ1) is 12.3. The van der Waals surface area contributed by atoms with E-state index >= 15 is 0 Å². The van der Waals surface area contributed by atoms with Crippen LogP contribution < -0.4 is 5.73 Å². The van der Waals surface area contributed by atoms with Crippen LogP contribution in [0.3, 0.4) is 0 Å². The maximum Gasteiger partial charge on any atom is 0.174 e. The van der Waals surface area contributed by atoms with Gasteiger partial charge in [-0.1, -0.05) is 6.92 Å². The van der Waals surface area contributed by atoms with Crippen LogP contribution in [0.15, 0.2) is 17.0 Å². The Balaban J connectivity index is 2.88. The normalized spacial score (nSPS) is 12.8. The van der Waals surface area contributed by atoms with Gasteiger partial charge in [0.1, 0.15) is 0 Å². The van der Waals surface area contributed by atoms with Crippen molar-refractivity contribution in [1.82, 2.24) is 0 Å². The molecule has 1 aromatic carbocycles. The molecule has 0 heterocycles. The molecule has 0 spiro atoms. The van der Waals surface area contributed by atoms with Crippen molar-refractivity contribution in [3.63, 3.8) is 0 Å². The van der Waals surface area contributed by atoms with Crippen LogP contribution in [0.4, 0.5) is 14.5 Å². The summed E-state index contributed by atoms with van der Waals surface area (Å²) in [5, 5.41) is 8.69. The minimum Gasteiger partial charge on any atom is -0.398 e. The molecule has 1 rings (SSSR count). The number of halogens is 2. The van der Waals surface area contributed by atoms with Gasteiger partial charge in [-0.05, 0) is 18.6 Å². The summed E-state index contributed by atoms with van der Waals surface area (Å²) in [6.07, 6.45) is 0.514. The SMILES string of the molecule is CC(CCO)Sc1c(N)ccc(F)c1F. The number of aliphatic hydroxyl groups is 1. The molecule has 0 saturated heterocycles. The molecule has 1 aromatic rings. The highest BCUT2D eigenvalue weighted by Gasteiger charge is 2.15. The first-order chi connectivity index (χ1) is 7.06. The first-order valence-electron chi connectivity index (χ1n) is 4.57. The number of nitrogens with two attached hydrogens (primary N) is 1. The molecular formula is C10H13F2NOS. The van der Waals surface area contributed by atoms with Gasteiger partial charge >= 0.3 is 0 Å². The second kappa shape index (κ2) is 5.32. The molecule has 0 amide bonds. The van der Waals surface area contributed by atoms with Crippen LogP contribution in [0.25, 0.3) is 0 Å². The quantitative estimate of drug-likeness (QED) is 0.620. The molecule has 3 N–H and O–H groups in total. The van der Waals surface area contributed by atoms with E-state index in [2.05, 4.69) is 0 Å². The molecule has 0 aliphatic carbocycles. The van der Waals surface area contributed by atoms with E-state index in [1.807, 2.05) is 6.92 Å². The predicted molar refractivity (Wildman–Crippen MR) is 57.8 cm³/mol. The van der Waals surface area contributed by atoms with Crippen molar-refractivity contribution in [2.75, 3.05) is 12.3 Å². The largest absolute Gasteiger partial charge is 0.398 e. The summed E-state index contributed by atoms with van der Waals surface area (Å²) in [5.41, 5.74) is 5.77. The van der Waals surface area contributed by atoms with Gasteiger partial charge in [0, 0.05) is 17.5 Å². The van der Waals surface area contributed by atoms with Gasteiger partial charge in [0.2, 0.25) is 0 Å². The molecule has 1 atom stereocenters. The van der Waals surface area contributed by atoms with Crippen molar-refractivity contribution in [2.45, 2.75) is 23.5 Å². The summed E-state index contributed by atoms with van der Waals surface area (Å²) in [5.74, 6) is -1.81. The second-order valence-electron chi connectivity index (χ2n) is 3.22. The maximum absolute atomic E-state index is 13.3. The number of hydrogen-bond donors (Lipinski definition) is 2. The molecule has 0 bridgehead atoms. The van der Waals surface area contributed by atoms with E-state index in [1.165, 1.54) is 6.07 Å². The third-order valence-corrected chi connectivity index (χ3v) is 3.22. The second-order valence-corrected chi connectivity index (χ2v) is 4.67. The highest BCUT2D eigenvalue weighted by Crippen LogP contribution is 2.33. The number of nitrogen functional groups attached to an aromatic ring is 1. The van der Waals surface area contributed by atoms with Crippen LogP contribution in [0.1, 0.15) is 13.3 Å². The Morgan fingerprint density at radius 3 is 2.73 bits per heavy atom. The van der Waals surface area contributed by atoms with Crippen molar-refractivity contribution in [3.8, 4) is 0 Å². The van der Waals surface area contributed by atoms with Crippen molar-refractivity contribution in [2.24, 2.45) is 0 Å². The molecule has 5 heteroatoms. The van der Waals surface area contributed by atoms with E-state index in [9.17, 15) is 8.78 Å². The van der Waals surface area contributed by atoms with Crippen LogP contribution >= 0.6 is 11.8 Å². The number of benzene rings is 1. The van der Waals surface area contributed by atoms with E-state index in [0.717, 1.165) is 17.8 Å². The number of thioether (sulfide) groups is 1. The summed E-state index contributed by atoms with van der Waals surface area (Å²) in [4.78, 5) is 0.121. The fraction of sp³-hybridized carbons (Fsp3) is 0.400. The lowest BCUT2D eigenvalue weighted by Crippen LogP contribution is -2.03. The van der Waals surface area contributed by atoms with Gasteiger partial charge in [0.05, 0.1) is 4.90 Å². The molecule has 15 heavy (non-hydrogen) atoms. The summed E-state index contributed by atoms with van der Waals surface area (Å²) in [7, 11) is 0. The highest BCUT2D eigenvalue weighted by atomic mass is 32.2. The molecule has 0 aromatic heterocycles. The van der Waals surface area contributed by atoms with E-state index in [-0.39, 0.29) is 22.4 Å². The molecular weight excluding hydrogens is 220 g/mol. The molecule has 0 aliphatic rings. The Labute approximate surface area is 91.5 Å². The van der Waals surface area contributed by atoms with Gasteiger partial charge < -0.3 is 10.8 Å². The van der Waals surface area contributed by atoms with E-state index in [0.29, 0.717) is 6.42 Å². The lowest BCUT2D eigenvalue weighted by molar-refractivity contribution is 0.289. The standard InChI is InChI=1S/C10H13F2NOS/c1-6(4-5-14)15-10-8(13)3-2-7(11)9(10)12/h2-3,6,14H,4-5,13H2,1H3. The zero-order valence-corrected chi connectivity index (χ0v) is 9.15. The van der Waals surface area contributed by atoms with Crippen molar-refractivity contribution in [3.05, 3.63) is 23.8 Å². The minimum absolute atomic E-state index is 0.00593. The smallest absolute Gasteiger partial charge is 0.174 e. The lowest BCUT2D eigenvalue weighted by Gasteiger charge is -2.12. The minimum atomic E-state index is -0.912. The van der Waals surface area contributed by atoms with Gasteiger partial charge in [-0.15, -0.1) is 11.8 Å². The molecule has 0 aliphatic heterocycles. The first-order valence-corrected chi connectivity index (χ1v) is 5.45. The Morgan fingerprint density at radius 2 is 2.13 bits per heavy atom. The number of aliphatic hydroxyl groups excluding tert-OH is 1. The summed E-state index contributed by atoms with van der Waals surface area (Å²) in [6.45, 7) is 1.84. The van der Waals surface area contributed by atoms with Gasteiger partial charge in [-0.2, -0.15) is 0 Å². The van der Waals surface area contributed by atoms with Crippen LogP contribution in [-0.4, -0.2) is 17.0 Å². The molecule has 1 unspecified atom stereocenters. The average Bonchev–Trinajstić information content (AvgIpc) is 2.19. The van der Waals surface area contributed by atoms with Gasteiger partial charge in [-0.25, -0.2) is 8.78 Å². The summed E-state index contributed by atoms with van der Waals surface area (Å²) < 4.78 is 26.2. The topological polar surface area (TPSA) is 46.2 Å². The maximum atomic E-state index is 13.3. The van der Waals surface area contributed by atoms with E-state index < -0.39 is 11.6 Å². The lowest BCUT2D eigenvalue weighted by atomic mass is 10.3. The zero-order valence-electron chi connectivity index (χ0n) is 8.34. The third kappa shape index (κ3) is 3.07. The van der Waals surface area contributed by atoms with Crippen LogP contribution in [0, 0.1) is 11.6 Å². The van der Waals surface area contributed by atoms with Crippen LogP contribution in [-0.2, 0) is 0 Å². The summed E-state index contributed by atoms with van der Waals surface area (Å²) in [6, 6.07) is 2.35. The van der Waals surface area contributed by atoms with E-state index in [1.54, 1.807) is 0 Å². The third-order valence-electron chi connectivity index (χ3n) is 1.94. The Kier molecular flexibility index (Phi) is 4.35. The molecule has 0 fully saturated rings. The van der Waals surface area contributed by atoms with Gasteiger partial charge in [0.25, 0.3) is 0 Å². The average molecular weight is 233 g/mol. The van der Waals surface area contributed by atoms with Crippen LogP contribution in [0.2, 0.25) is 0 Å². The van der Waals surface area contributed by atoms with Crippen molar-refractivity contribution < 1.29 is 13.9 Å². The number of rotatable bonds is 4. The Morgan fingerprint density at radius 1 is 1.47 bits per heavy atom.